The number of hydrogen-bond acceptors (Lipinski definition) is 2. The molecule has 0 aliphatic heterocycles. The van der Waals surface area contributed by atoms with Gasteiger partial charge >= 0.3 is 0 Å². The lowest BCUT2D eigenvalue weighted by Gasteiger charge is -2.13. The van der Waals surface area contributed by atoms with Crippen LogP contribution in [-0.2, 0) is 0 Å². The van der Waals surface area contributed by atoms with Gasteiger partial charge in [-0.2, -0.15) is 0 Å². The fourth-order valence-corrected chi connectivity index (χ4v) is 3.23. The molecule has 0 aliphatic carbocycles. The first-order valence-electron chi connectivity index (χ1n) is 8.81. The highest BCUT2D eigenvalue weighted by molar-refractivity contribution is 6.05. The maximum Gasteiger partial charge on any atom is 0.257 e. The summed E-state index contributed by atoms with van der Waals surface area (Å²) in [5, 5.41) is 5.48. The van der Waals surface area contributed by atoms with Crippen LogP contribution in [0.1, 0.15) is 37.7 Å². The highest BCUT2D eigenvalue weighted by atomic mass is 16.2. The van der Waals surface area contributed by atoms with Crippen LogP contribution in [0.25, 0.3) is 5.69 Å². The molecule has 0 radical (unpaired) electrons. The molecule has 138 valence electrons. The van der Waals surface area contributed by atoms with E-state index in [9.17, 15) is 9.59 Å². The summed E-state index contributed by atoms with van der Waals surface area (Å²) in [6, 6.07) is 16.8. The van der Waals surface area contributed by atoms with Gasteiger partial charge in [0, 0.05) is 35.4 Å². The summed E-state index contributed by atoms with van der Waals surface area (Å²) in [4.78, 5) is 24.4. The van der Waals surface area contributed by atoms with Crippen LogP contribution < -0.4 is 10.6 Å². The summed E-state index contributed by atoms with van der Waals surface area (Å²) in [6.45, 7) is 6.00. The van der Waals surface area contributed by atoms with Crippen molar-refractivity contribution in [1.29, 1.82) is 0 Å². The van der Waals surface area contributed by atoms with Gasteiger partial charge in [-0.15, -0.1) is 0 Å². The second-order valence-electron chi connectivity index (χ2n) is 6.52. The molecule has 5 nitrogen and oxygen atoms in total. The second kappa shape index (κ2) is 7.50. The first-order chi connectivity index (χ1) is 12.9. The fourth-order valence-electron chi connectivity index (χ4n) is 3.23. The van der Waals surface area contributed by atoms with Gasteiger partial charge in [0.05, 0.1) is 5.56 Å². The van der Waals surface area contributed by atoms with Crippen molar-refractivity contribution >= 4 is 17.5 Å². The van der Waals surface area contributed by atoms with E-state index in [0.717, 1.165) is 22.6 Å². The number of carbonyl (C=O) groups excluding carboxylic acids is 2. The van der Waals surface area contributed by atoms with Crippen LogP contribution in [0.5, 0.6) is 0 Å². The van der Waals surface area contributed by atoms with E-state index in [0.29, 0.717) is 16.8 Å². The molecule has 2 amide bonds. The van der Waals surface area contributed by atoms with E-state index in [1.807, 2.05) is 32.0 Å². The number of benzene rings is 2. The average molecular weight is 361 g/mol. The summed E-state index contributed by atoms with van der Waals surface area (Å²) in [5.74, 6) is -0.328. The predicted octanol–water partition coefficient (Wildman–Crippen LogP) is 4.01. The molecule has 0 aliphatic rings. The first kappa shape index (κ1) is 18.5. The van der Waals surface area contributed by atoms with Gasteiger partial charge in [0.25, 0.3) is 11.8 Å². The minimum atomic E-state index is -0.171. The molecule has 0 saturated carbocycles. The Morgan fingerprint density at radius 1 is 0.889 bits per heavy atom. The highest BCUT2D eigenvalue weighted by Gasteiger charge is 2.17. The molecule has 3 rings (SSSR count). The van der Waals surface area contributed by atoms with Crippen LogP contribution in [0.2, 0.25) is 0 Å². The van der Waals surface area contributed by atoms with Crippen LogP contribution in [-0.4, -0.2) is 23.4 Å². The zero-order chi connectivity index (χ0) is 19.6. The molecular formula is C22H23N3O2. The largest absolute Gasteiger partial charge is 0.355 e. The fraction of sp³-hybridized carbons (Fsp3) is 0.182. The summed E-state index contributed by atoms with van der Waals surface area (Å²) in [7, 11) is 1.59. The van der Waals surface area contributed by atoms with E-state index in [4.69, 9.17) is 0 Å². The monoisotopic (exact) mass is 361 g/mol. The van der Waals surface area contributed by atoms with Crippen LogP contribution >= 0.6 is 0 Å². The Morgan fingerprint density at radius 3 is 2.19 bits per heavy atom. The third kappa shape index (κ3) is 3.62. The number of amides is 2. The maximum atomic E-state index is 12.8. The lowest BCUT2D eigenvalue weighted by atomic mass is 10.1. The normalized spacial score (nSPS) is 10.5. The number of para-hydroxylation sites is 1. The van der Waals surface area contributed by atoms with Crippen molar-refractivity contribution in [3.8, 4) is 5.69 Å². The summed E-state index contributed by atoms with van der Waals surface area (Å²) in [5.41, 5.74) is 5.94. The van der Waals surface area contributed by atoms with Crippen molar-refractivity contribution in [3.05, 3.63) is 82.7 Å². The number of rotatable bonds is 4. The Labute approximate surface area is 159 Å². The Balaban J connectivity index is 1.87. The number of aryl methyl sites for hydroxylation is 2. The molecule has 2 aromatic carbocycles. The Bertz CT molecular complexity index is 1000. The number of hydrogen-bond donors (Lipinski definition) is 2. The Morgan fingerprint density at radius 2 is 1.56 bits per heavy atom. The number of aromatic nitrogens is 1. The molecule has 1 heterocycles. The SMILES string of the molecule is CNC(=O)c1ccc(NC(=O)c2cc(C)n(-c3ccccc3C)c2C)cc1. The highest BCUT2D eigenvalue weighted by Crippen LogP contribution is 2.24. The van der Waals surface area contributed by atoms with Crippen molar-refractivity contribution in [1.82, 2.24) is 9.88 Å². The molecular weight excluding hydrogens is 338 g/mol. The van der Waals surface area contributed by atoms with E-state index in [1.165, 1.54) is 0 Å². The Kier molecular flexibility index (Phi) is 5.12. The quantitative estimate of drug-likeness (QED) is 0.737. The van der Waals surface area contributed by atoms with Gasteiger partial charge in [-0.05, 0) is 62.7 Å². The second-order valence-corrected chi connectivity index (χ2v) is 6.52. The van der Waals surface area contributed by atoms with Gasteiger partial charge in [0.2, 0.25) is 0 Å². The van der Waals surface area contributed by atoms with Gasteiger partial charge in [0.15, 0.2) is 0 Å². The zero-order valence-electron chi connectivity index (χ0n) is 16.0. The number of nitrogens with zero attached hydrogens (tertiary/aromatic N) is 1. The van der Waals surface area contributed by atoms with Gasteiger partial charge in [-0.1, -0.05) is 18.2 Å². The molecule has 2 N–H and O–H groups in total. The van der Waals surface area contributed by atoms with Crippen molar-refractivity contribution in [2.75, 3.05) is 12.4 Å². The predicted molar refractivity (Wildman–Crippen MR) is 108 cm³/mol. The van der Waals surface area contributed by atoms with E-state index in [2.05, 4.69) is 34.3 Å². The Hall–Kier alpha value is -3.34. The summed E-state index contributed by atoms with van der Waals surface area (Å²) >= 11 is 0. The molecule has 0 saturated heterocycles. The maximum absolute atomic E-state index is 12.8. The van der Waals surface area contributed by atoms with Gasteiger partial charge in [0.1, 0.15) is 0 Å². The molecule has 0 unspecified atom stereocenters. The van der Waals surface area contributed by atoms with Crippen molar-refractivity contribution in [2.24, 2.45) is 0 Å². The smallest absolute Gasteiger partial charge is 0.257 e. The molecule has 0 spiro atoms. The van der Waals surface area contributed by atoms with E-state index in [1.54, 1.807) is 31.3 Å². The molecule has 0 fully saturated rings. The minimum Gasteiger partial charge on any atom is -0.355 e. The topological polar surface area (TPSA) is 63.1 Å². The molecule has 0 bridgehead atoms. The van der Waals surface area contributed by atoms with Crippen molar-refractivity contribution in [2.45, 2.75) is 20.8 Å². The lowest BCUT2D eigenvalue weighted by molar-refractivity contribution is 0.0962. The standard InChI is InChI=1S/C22H23N3O2/c1-14-7-5-6-8-20(14)25-15(2)13-19(16(25)3)22(27)24-18-11-9-17(10-12-18)21(26)23-4/h5-13H,1-4H3,(H,23,26)(H,24,27). The number of carbonyl (C=O) groups is 2. The molecule has 5 heteroatoms. The van der Waals surface area contributed by atoms with Crippen molar-refractivity contribution in [3.63, 3.8) is 0 Å². The summed E-state index contributed by atoms with van der Waals surface area (Å²) in [6.07, 6.45) is 0. The van der Waals surface area contributed by atoms with Crippen LogP contribution in [0, 0.1) is 20.8 Å². The van der Waals surface area contributed by atoms with Crippen molar-refractivity contribution < 1.29 is 9.59 Å². The number of nitrogens with one attached hydrogen (secondary N) is 2. The average Bonchev–Trinajstić information content (AvgIpc) is 2.96. The van der Waals surface area contributed by atoms with Gasteiger partial charge in [-0.25, -0.2) is 0 Å². The summed E-state index contributed by atoms with van der Waals surface area (Å²) < 4.78 is 2.10. The van der Waals surface area contributed by atoms with Crippen LogP contribution in [0.4, 0.5) is 5.69 Å². The molecule has 1 aromatic heterocycles. The lowest BCUT2D eigenvalue weighted by Crippen LogP contribution is -2.18. The zero-order valence-corrected chi connectivity index (χ0v) is 16.0. The van der Waals surface area contributed by atoms with E-state index >= 15 is 0 Å². The molecule has 0 atom stereocenters. The first-order valence-corrected chi connectivity index (χ1v) is 8.81. The molecule has 27 heavy (non-hydrogen) atoms. The van der Waals surface area contributed by atoms with Gasteiger partial charge in [-0.3, -0.25) is 9.59 Å². The van der Waals surface area contributed by atoms with E-state index in [-0.39, 0.29) is 11.8 Å². The third-order valence-electron chi connectivity index (χ3n) is 4.66. The van der Waals surface area contributed by atoms with Crippen LogP contribution in [0.3, 0.4) is 0 Å². The van der Waals surface area contributed by atoms with Gasteiger partial charge < -0.3 is 15.2 Å². The number of anilines is 1. The minimum absolute atomic E-state index is 0.158. The van der Waals surface area contributed by atoms with Crippen LogP contribution in [0.15, 0.2) is 54.6 Å². The molecule has 3 aromatic rings. The third-order valence-corrected chi connectivity index (χ3v) is 4.66. The van der Waals surface area contributed by atoms with E-state index < -0.39 is 0 Å².